The van der Waals surface area contributed by atoms with Crippen LogP contribution in [0.4, 0.5) is 4.39 Å². The minimum atomic E-state index is -1.17. The lowest BCUT2D eigenvalue weighted by molar-refractivity contribution is -0.136. The van der Waals surface area contributed by atoms with Crippen LogP contribution in [0.1, 0.15) is 10.4 Å². The first kappa shape index (κ1) is 10.5. The molecule has 0 aromatic heterocycles. The van der Waals surface area contributed by atoms with E-state index < -0.39 is 16.6 Å². The third-order valence-corrected chi connectivity index (χ3v) is 2.65. The Hall–Kier alpha value is -0.610. The van der Waals surface area contributed by atoms with E-state index in [9.17, 15) is 9.18 Å². The van der Waals surface area contributed by atoms with Crippen molar-refractivity contribution in [1.29, 1.82) is 0 Å². The molecule has 5 heteroatoms. The van der Waals surface area contributed by atoms with E-state index in [2.05, 4.69) is 15.9 Å². The average Bonchev–Trinajstić information content (AvgIpc) is 2.03. The van der Waals surface area contributed by atoms with Crippen LogP contribution in [0.15, 0.2) is 18.2 Å². The molecule has 0 heterocycles. The standard InChI is InChI=1S/C8H5BrClFO2/c9-7(8(12)13)6-4(10)2-1-3-5(6)11/h1-3,7H,(H,12,13). The van der Waals surface area contributed by atoms with Crippen LogP contribution in [0, 0.1) is 5.82 Å². The van der Waals surface area contributed by atoms with Crippen molar-refractivity contribution in [2.75, 3.05) is 0 Å². The van der Waals surface area contributed by atoms with Crippen LogP contribution in [0.2, 0.25) is 5.02 Å². The molecule has 0 aliphatic heterocycles. The van der Waals surface area contributed by atoms with Gasteiger partial charge < -0.3 is 5.11 Å². The molecule has 1 atom stereocenters. The van der Waals surface area contributed by atoms with Gasteiger partial charge in [-0.25, -0.2) is 4.39 Å². The molecule has 1 aromatic carbocycles. The summed E-state index contributed by atoms with van der Waals surface area (Å²) in [5.41, 5.74) is -0.0448. The molecule has 0 aliphatic carbocycles. The van der Waals surface area contributed by atoms with E-state index in [1.807, 2.05) is 0 Å². The third kappa shape index (κ3) is 2.19. The number of hydrogen-bond donors (Lipinski definition) is 1. The van der Waals surface area contributed by atoms with Gasteiger partial charge in [0.15, 0.2) is 0 Å². The zero-order valence-electron chi connectivity index (χ0n) is 6.30. The smallest absolute Gasteiger partial charge is 0.322 e. The number of carbonyl (C=O) groups is 1. The summed E-state index contributed by atoms with van der Waals surface area (Å²) in [4.78, 5) is 9.42. The minimum absolute atomic E-state index is 0.0448. The highest BCUT2D eigenvalue weighted by Crippen LogP contribution is 2.31. The first-order valence-corrected chi connectivity index (χ1v) is 4.64. The Labute approximate surface area is 87.5 Å². The molecular weight excluding hydrogens is 262 g/mol. The molecule has 1 N–H and O–H groups in total. The lowest BCUT2D eigenvalue weighted by atomic mass is 10.1. The van der Waals surface area contributed by atoms with E-state index in [1.165, 1.54) is 18.2 Å². The fraction of sp³-hybridized carbons (Fsp3) is 0.125. The van der Waals surface area contributed by atoms with Crippen molar-refractivity contribution in [2.45, 2.75) is 4.83 Å². The SMILES string of the molecule is O=C(O)C(Br)c1c(F)cccc1Cl. The summed E-state index contributed by atoms with van der Waals surface area (Å²) in [7, 11) is 0. The summed E-state index contributed by atoms with van der Waals surface area (Å²) in [5.74, 6) is -1.80. The maximum atomic E-state index is 13.1. The number of carboxylic acid groups (broad SMARTS) is 1. The van der Waals surface area contributed by atoms with Gasteiger partial charge in [-0.3, -0.25) is 4.79 Å². The molecule has 0 spiro atoms. The Kier molecular flexibility index (Phi) is 3.27. The summed E-state index contributed by atoms with van der Waals surface area (Å²) in [6.07, 6.45) is 0. The zero-order valence-corrected chi connectivity index (χ0v) is 8.64. The lowest BCUT2D eigenvalue weighted by Crippen LogP contribution is -2.07. The normalized spacial score (nSPS) is 12.5. The molecule has 13 heavy (non-hydrogen) atoms. The van der Waals surface area contributed by atoms with Crippen molar-refractivity contribution in [3.8, 4) is 0 Å². The predicted molar refractivity (Wildman–Crippen MR) is 50.7 cm³/mol. The minimum Gasteiger partial charge on any atom is -0.480 e. The number of alkyl halides is 1. The van der Waals surface area contributed by atoms with Gasteiger partial charge in [-0.15, -0.1) is 0 Å². The molecule has 0 bridgehead atoms. The summed E-state index contributed by atoms with van der Waals surface area (Å²) in [5, 5.41) is 8.71. The van der Waals surface area contributed by atoms with E-state index in [1.54, 1.807) is 0 Å². The molecule has 0 fully saturated rings. The Morgan fingerprint density at radius 2 is 2.23 bits per heavy atom. The highest BCUT2D eigenvalue weighted by Gasteiger charge is 2.22. The van der Waals surface area contributed by atoms with Crippen LogP contribution in [-0.2, 0) is 4.79 Å². The van der Waals surface area contributed by atoms with Crippen LogP contribution < -0.4 is 0 Å². The van der Waals surface area contributed by atoms with Crippen LogP contribution in [-0.4, -0.2) is 11.1 Å². The monoisotopic (exact) mass is 266 g/mol. The Balaban J connectivity index is 3.20. The molecular formula is C8H5BrClFO2. The van der Waals surface area contributed by atoms with Crippen LogP contribution in [0.25, 0.3) is 0 Å². The van der Waals surface area contributed by atoms with Crippen LogP contribution >= 0.6 is 27.5 Å². The van der Waals surface area contributed by atoms with E-state index in [-0.39, 0.29) is 10.6 Å². The quantitative estimate of drug-likeness (QED) is 0.836. The largest absolute Gasteiger partial charge is 0.480 e. The summed E-state index contributed by atoms with van der Waals surface area (Å²) >= 11 is 8.46. The highest BCUT2D eigenvalue weighted by molar-refractivity contribution is 9.09. The van der Waals surface area contributed by atoms with Crippen molar-refractivity contribution >= 4 is 33.5 Å². The highest BCUT2D eigenvalue weighted by atomic mass is 79.9. The maximum Gasteiger partial charge on any atom is 0.322 e. The lowest BCUT2D eigenvalue weighted by Gasteiger charge is -2.07. The molecule has 1 aromatic rings. The van der Waals surface area contributed by atoms with Crippen molar-refractivity contribution in [3.63, 3.8) is 0 Å². The number of carboxylic acids is 1. The molecule has 0 saturated heterocycles. The van der Waals surface area contributed by atoms with E-state index in [4.69, 9.17) is 16.7 Å². The van der Waals surface area contributed by atoms with E-state index in [0.29, 0.717) is 0 Å². The topological polar surface area (TPSA) is 37.3 Å². The molecule has 1 unspecified atom stereocenters. The van der Waals surface area contributed by atoms with Gasteiger partial charge in [-0.05, 0) is 12.1 Å². The zero-order chi connectivity index (χ0) is 10.0. The summed E-state index contributed by atoms with van der Waals surface area (Å²) < 4.78 is 13.1. The molecule has 70 valence electrons. The van der Waals surface area contributed by atoms with Gasteiger partial charge in [0.1, 0.15) is 10.6 Å². The van der Waals surface area contributed by atoms with Crippen LogP contribution in [0.3, 0.4) is 0 Å². The fourth-order valence-corrected chi connectivity index (χ4v) is 1.75. The predicted octanol–water partition coefficient (Wildman–Crippen LogP) is 3.00. The molecule has 0 aliphatic rings. The number of aliphatic carboxylic acids is 1. The van der Waals surface area contributed by atoms with Crippen molar-refractivity contribution < 1.29 is 14.3 Å². The number of hydrogen-bond acceptors (Lipinski definition) is 1. The van der Waals surface area contributed by atoms with Gasteiger partial charge in [0.2, 0.25) is 0 Å². The fourth-order valence-electron chi connectivity index (χ4n) is 0.876. The van der Waals surface area contributed by atoms with Crippen molar-refractivity contribution in [3.05, 3.63) is 34.6 Å². The number of rotatable bonds is 2. The van der Waals surface area contributed by atoms with Gasteiger partial charge >= 0.3 is 5.97 Å². The van der Waals surface area contributed by atoms with E-state index >= 15 is 0 Å². The maximum absolute atomic E-state index is 13.1. The molecule has 0 amide bonds. The summed E-state index contributed by atoms with van der Waals surface area (Å²) in [6.45, 7) is 0. The van der Waals surface area contributed by atoms with Gasteiger partial charge in [0.05, 0.1) is 0 Å². The number of halogens is 3. The van der Waals surface area contributed by atoms with Crippen molar-refractivity contribution in [1.82, 2.24) is 0 Å². The van der Waals surface area contributed by atoms with Crippen molar-refractivity contribution in [2.24, 2.45) is 0 Å². The number of benzene rings is 1. The van der Waals surface area contributed by atoms with Gasteiger partial charge in [0.25, 0.3) is 0 Å². The Bertz CT molecular complexity index is 323. The second-order valence-corrected chi connectivity index (χ2v) is 3.66. The van der Waals surface area contributed by atoms with Gasteiger partial charge in [-0.2, -0.15) is 0 Å². The first-order chi connectivity index (χ1) is 6.04. The van der Waals surface area contributed by atoms with E-state index in [0.717, 1.165) is 0 Å². The first-order valence-electron chi connectivity index (χ1n) is 3.35. The second kappa shape index (κ2) is 4.07. The van der Waals surface area contributed by atoms with Gasteiger partial charge in [0, 0.05) is 10.6 Å². The molecule has 2 nitrogen and oxygen atoms in total. The third-order valence-electron chi connectivity index (χ3n) is 1.47. The average molecular weight is 267 g/mol. The molecule has 0 saturated carbocycles. The Morgan fingerprint density at radius 1 is 1.62 bits per heavy atom. The van der Waals surface area contributed by atoms with Gasteiger partial charge in [-0.1, -0.05) is 33.6 Å². The molecule has 1 rings (SSSR count). The summed E-state index contributed by atoms with van der Waals surface area (Å²) in [6, 6.07) is 4.03. The molecule has 0 radical (unpaired) electrons. The Morgan fingerprint density at radius 3 is 2.69 bits per heavy atom. The van der Waals surface area contributed by atoms with Crippen LogP contribution in [0.5, 0.6) is 0 Å². The second-order valence-electron chi connectivity index (χ2n) is 2.34.